The zero-order chi connectivity index (χ0) is 9.36. The Bertz CT molecular complexity index is 301. The van der Waals surface area contributed by atoms with E-state index in [4.69, 9.17) is 0 Å². The smallest absolute Gasteiger partial charge is 0.232 e. The molecule has 0 fully saturated rings. The predicted molar refractivity (Wildman–Crippen MR) is 54.6 cm³/mol. The summed E-state index contributed by atoms with van der Waals surface area (Å²) < 4.78 is 0. The molecule has 0 atom stereocenters. The van der Waals surface area contributed by atoms with Gasteiger partial charge in [-0.3, -0.25) is 4.79 Å². The van der Waals surface area contributed by atoms with Gasteiger partial charge in [0, 0.05) is 12.6 Å². The van der Waals surface area contributed by atoms with Crippen molar-refractivity contribution in [1.82, 2.24) is 0 Å². The standard InChI is InChI=1S/C11H11NO/c13-10-12-9-5-4-8-11-6-2-1-3-7-11/h1-4,6-10H,5H2/b8-4+,12-9?. The van der Waals surface area contributed by atoms with Crippen molar-refractivity contribution >= 4 is 18.7 Å². The van der Waals surface area contributed by atoms with Crippen LogP contribution < -0.4 is 0 Å². The summed E-state index contributed by atoms with van der Waals surface area (Å²) in [5.41, 5.74) is 1.15. The van der Waals surface area contributed by atoms with E-state index in [1.54, 1.807) is 6.21 Å². The van der Waals surface area contributed by atoms with E-state index >= 15 is 0 Å². The molecule has 1 amide bonds. The molecule has 0 spiro atoms. The molecule has 0 aliphatic carbocycles. The molecule has 1 aromatic rings. The number of nitrogens with zero attached hydrogens (tertiary/aromatic N) is 1. The third-order valence-electron chi connectivity index (χ3n) is 1.52. The summed E-state index contributed by atoms with van der Waals surface area (Å²) >= 11 is 0. The van der Waals surface area contributed by atoms with Gasteiger partial charge >= 0.3 is 0 Å². The summed E-state index contributed by atoms with van der Waals surface area (Å²) in [7, 11) is 0. The number of aliphatic imine (C=N–C) groups is 1. The second-order valence-electron chi connectivity index (χ2n) is 2.49. The van der Waals surface area contributed by atoms with Crippen molar-refractivity contribution in [3.8, 4) is 0 Å². The Morgan fingerprint density at radius 1 is 1.23 bits per heavy atom. The van der Waals surface area contributed by atoms with Crippen LogP contribution in [-0.2, 0) is 4.79 Å². The normalized spacial score (nSPS) is 11.1. The van der Waals surface area contributed by atoms with Gasteiger partial charge in [-0.25, -0.2) is 4.99 Å². The summed E-state index contributed by atoms with van der Waals surface area (Å²) in [4.78, 5) is 13.3. The van der Waals surface area contributed by atoms with Gasteiger partial charge < -0.3 is 0 Å². The van der Waals surface area contributed by atoms with Crippen LogP contribution in [0.4, 0.5) is 0 Å². The fourth-order valence-corrected chi connectivity index (χ4v) is 0.933. The molecule has 2 heteroatoms. The van der Waals surface area contributed by atoms with Crippen LogP contribution in [0.5, 0.6) is 0 Å². The van der Waals surface area contributed by atoms with Crippen molar-refractivity contribution in [2.75, 3.05) is 0 Å². The van der Waals surface area contributed by atoms with Gasteiger partial charge in [0.1, 0.15) is 0 Å². The third kappa shape index (κ3) is 4.01. The largest absolute Gasteiger partial charge is 0.276 e. The van der Waals surface area contributed by atoms with Crippen LogP contribution in [0.15, 0.2) is 41.4 Å². The van der Waals surface area contributed by atoms with Gasteiger partial charge in [-0.05, 0) is 5.56 Å². The number of benzene rings is 1. The van der Waals surface area contributed by atoms with Crippen LogP contribution in [0.3, 0.4) is 0 Å². The molecule has 1 rings (SSSR count). The first-order valence-corrected chi connectivity index (χ1v) is 4.10. The van der Waals surface area contributed by atoms with E-state index in [2.05, 4.69) is 4.99 Å². The van der Waals surface area contributed by atoms with Crippen LogP contribution in [0.25, 0.3) is 6.08 Å². The van der Waals surface area contributed by atoms with E-state index in [0.717, 1.165) is 5.56 Å². The van der Waals surface area contributed by atoms with Gasteiger partial charge in [-0.2, -0.15) is 0 Å². The number of hydrogen-bond acceptors (Lipinski definition) is 1. The Balaban J connectivity index is 2.41. The molecule has 0 N–H and O–H groups in total. The minimum atomic E-state index is 0.538. The molecule has 0 aliphatic heterocycles. The van der Waals surface area contributed by atoms with Crippen molar-refractivity contribution < 1.29 is 4.79 Å². The van der Waals surface area contributed by atoms with E-state index < -0.39 is 0 Å². The summed E-state index contributed by atoms with van der Waals surface area (Å²) in [6, 6.07) is 9.99. The Morgan fingerprint density at radius 3 is 2.69 bits per heavy atom. The lowest BCUT2D eigenvalue weighted by molar-refractivity contribution is -0.106. The van der Waals surface area contributed by atoms with Crippen molar-refractivity contribution in [3.63, 3.8) is 0 Å². The predicted octanol–water partition coefficient (Wildman–Crippen LogP) is 2.32. The Kier molecular flexibility index (Phi) is 4.25. The third-order valence-corrected chi connectivity index (χ3v) is 1.52. The summed E-state index contributed by atoms with van der Waals surface area (Å²) in [5.74, 6) is 0. The van der Waals surface area contributed by atoms with Crippen LogP contribution in [0.2, 0.25) is 0 Å². The van der Waals surface area contributed by atoms with Crippen molar-refractivity contribution in [1.29, 1.82) is 0 Å². The molecule has 66 valence electrons. The molecule has 2 nitrogen and oxygen atoms in total. The lowest BCUT2D eigenvalue weighted by Gasteiger charge is -1.88. The Morgan fingerprint density at radius 2 is 2.00 bits per heavy atom. The maximum Gasteiger partial charge on any atom is 0.232 e. The first-order chi connectivity index (χ1) is 6.43. The van der Waals surface area contributed by atoms with Crippen LogP contribution in [0, 0.1) is 0 Å². The molecule has 0 aromatic heterocycles. The highest BCUT2D eigenvalue weighted by Crippen LogP contribution is 2.00. The quantitative estimate of drug-likeness (QED) is 0.507. The molecule has 0 heterocycles. The number of allylic oxidation sites excluding steroid dienone is 1. The van der Waals surface area contributed by atoms with Gasteiger partial charge in [0.2, 0.25) is 6.41 Å². The summed E-state index contributed by atoms with van der Waals surface area (Å²) in [6.07, 6.45) is 6.76. The van der Waals surface area contributed by atoms with E-state index in [0.29, 0.717) is 12.8 Å². The zero-order valence-electron chi connectivity index (χ0n) is 7.26. The SMILES string of the molecule is O=CN=CC/C=C/c1ccccc1. The monoisotopic (exact) mass is 173 g/mol. The second-order valence-corrected chi connectivity index (χ2v) is 2.49. The molecule has 0 unspecified atom stereocenters. The Hall–Kier alpha value is -1.70. The first-order valence-electron chi connectivity index (χ1n) is 4.10. The number of carbonyl (C=O) groups is 1. The number of hydrogen-bond donors (Lipinski definition) is 0. The molecular weight excluding hydrogens is 162 g/mol. The number of carbonyl (C=O) groups excluding carboxylic acids is 1. The maximum atomic E-state index is 9.82. The van der Waals surface area contributed by atoms with Crippen LogP contribution >= 0.6 is 0 Å². The highest BCUT2D eigenvalue weighted by Gasteiger charge is 1.80. The highest BCUT2D eigenvalue weighted by atomic mass is 16.1. The first kappa shape index (κ1) is 9.39. The topological polar surface area (TPSA) is 29.4 Å². The van der Waals surface area contributed by atoms with Gasteiger partial charge in [0.05, 0.1) is 0 Å². The minimum Gasteiger partial charge on any atom is -0.276 e. The molecule has 0 aliphatic rings. The van der Waals surface area contributed by atoms with Crippen molar-refractivity contribution in [2.24, 2.45) is 4.99 Å². The average molecular weight is 173 g/mol. The fraction of sp³-hybridized carbons (Fsp3) is 0.0909. The molecule has 1 aromatic carbocycles. The number of rotatable bonds is 4. The highest BCUT2D eigenvalue weighted by molar-refractivity contribution is 5.71. The molecule has 13 heavy (non-hydrogen) atoms. The lowest BCUT2D eigenvalue weighted by Crippen LogP contribution is -1.72. The lowest BCUT2D eigenvalue weighted by atomic mass is 10.2. The second kappa shape index (κ2) is 5.89. The fourth-order valence-electron chi connectivity index (χ4n) is 0.933. The van der Waals surface area contributed by atoms with Crippen LogP contribution in [0.1, 0.15) is 12.0 Å². The molecule has 0 saturated carbocycles. The van der Waals surface area contributed by atoms with Gasteiger partial charge in [0.15, 0.2) is 0 Å². The summed E-state index contributed by atoms with van der Waals surface area (Å²) in [6.45, 7) is 0. The zero-order valence-corrected chi connectivity index (χ0v) is 7.26. The number of amides is 1. The van der Waals surface area contributed by atoms with E-state index in [-0.39, 0.29) is 0 Å². The van der Waals surface area contributed by atoms with Crippen molar-refractivity contribution in [2.45, 2.75) is 6.42 Å². The van der Waals surface area contributed by atoms with E-state index in [1.807, 2.05) is 42.5 Å². The minimum absolute atomic E-state index is 0.538. The molecule has 0 radical (unpaired) electrons. The maximum absolute atomic E-state index is 9.82. The Labute approximate surface area is 77.6 Å². The van der Waals surface area contributed by atoms with Gasteiger partial charge in [-0.15, -0.1) is 0 Å². The van der Waals surface area contributed by atoms with Gasteiger partial charge in [0.25, 0.3) is 0 Å². The molecule has 0 bridgehead atoms. The van der Waals surface area contributed by atoms with E-state index in [1.165, 1.54) is 0 Å². The molecule has 0 saturated heterocycles. The van der Waals surface area contributed by atoms with Crippen LogP contribution in [-0.4, -0.2) is 12.6 Å². The summed E-state index contributed by atoms with van der Waals surface area (Å²) in [5, 5.41) is 0. The molecular formula is C11H11NO. The van der Waals surface area contributed by atoms with E-state index in [9.17, 15) is 4.79 Å². The van der Waals surface area contributed by atoms with Crippen molar-refractivity contribution in [3.05, 3.63) is 42.0 Å². The average Bonchev–Trinajstić information content (AvgIpc) is 2.19. The van der Waals surface area contributed by atoms with Gasteiger partial charge in [-0.1, -0.05) is 42.5 Å².